The number of hydrogen-bond donors (Lipinski definition) is 1. The van der Waals surface area contributed by atoms with Crippen LogP contribution in [0.5, 0.6) is 0 Å². The number of hydrogen-bond acceptors (Lipinski definition) is 6. The number of rotatable bonds is 5. The van der Waals surface area contributed by atoms with E-state index >= 15 is 0 Å². The summed E-state index contributed by atoms with van der Waals surface area (Å²) in [6.07, 6.45) is 5.45. The van der Waals surface area contributed by atoms with Crippen molar-refractivity contribution >= 4 is 40.9 Å². The highest BCUT2D eigenvalue weighted by Crippen LogP contribution is 2.55. The Balaban J connectivity index is 0.929. The lowest BCUT2D eigenvalue weighted by Gasteiger charge is -2.56. The predicted molar refractivity (Wildman–Crippen MR) is 185 cm³/mol. The number of nitrogens with zero attached hydrogens (tertiary/aromatic N) is 5. The first kappa shape index (κ1) is 30.6. The van der Waals surface area contributed by atoms with Crippen LogP contribution in [0.3, 0.4) is 0 Å². The van der Waals surface area contributed by atoms with E-state index < -0.39 is 6.03 Å². The van der Waals surface area contributed by atoms with Crippen molar-refractivity contribution in [3.63, 3.8) is 0 Å². The molecule has 4 aliphatic carbocycles. The molecule has 4 bridgehead atoms. The quantitative estimate of drug-likeness (QED) is 0.342. The molecular weight excluding hydrogens is 604 g/mol. The first-order valence-corrected chi connectivity index (χ1v) is 17.5. The fourth-order valence-electron chi connectivity index (χ4n) is 9.45. The fourth-order valence-corrected chi connectivity index (χ4v) is 9.45. The van der Waals surface area contributed by atoms with Crippen molar-refractivity contribution in [2.45, 2.75) is 44.8 Å². The van der Waals surface area contributed by atoms with Crippen molar-refractivity contribution in [3.05, 3.63) is 84.4 Å². The maximum absolute atomic E-state index is 14.2. The van der Waals surface area contributed by atoms with Crippen molar-refractivity contribution < 1.29 is 19.1 Å². The Morgan fingerprint density at radius 1 is 0.688 bits per heavy atom. The number of carbonyl (C=O) groups is 3. The van der Waals surface area contributed by atoms with Crippen LogP contribution in [0.15, 0.2) is 78.9 Å². The summed E-state index contributed by atoms with van der Waals surface area (Å²) in [5, 5.41) is 0. The van der Waals surface area contributed by atoms with Crippen LogP contribution < -0.4 is 20.4 Å². The van der Waals surface area contributed by atoms with Crippen LogP contribution in [0, 0.1) is 23.7 Å². The molecule has 6 aliphatic rings. The van der Waals surface area contributed by atoms with Gasteiger partial charge in [-0.15, -0.1) is 0 Å². The smallest absolute Gasteiger partial charge is 0.410 e. The van der Waals surface area contributed by atoms with Crippen LogP contribution in [0.25, 0.3) is 0 Å². The number of fused-ring (bicyclic) bond motifs is 1. The Hall–Kier alpha value is -4.73. The van der Waals surface area contributed by atoms with Crippen LogP contribution in [-0.2, 0) is 11.3 Å². The maximum atomic E-state index is 14.2. The Morgan fingerprint density at radius 2 is 1.29 bits per heavy atom. The summed E-state index contributed by atoms with van der Waals surface area (Å²) in [4.78, 5) is 49.3. The summed E-state index contributed by atoms with van der Waals surface area (Å²) in [7, 11) is 0. The van der Waals surface area contributed by atoms with Gasteiger partial charge in [-0.3, -0.25) is 4.90 Å². The van der Waals surface area contributed by atoms with Gasteiger partial charge in [0.05, 0.1) is 11.4 Å². The number of anilines is 4. The first-order chi connectivity index (χ1) is 23.4. The number of piperazine rings is 1. The molecule has 0 atom stereocenters. The van der Waals surface area contributed by atoms with Crippen molar-refractivity contribution in [3.8, 4) is 0 Å². The molecule has 3 aromatic rings. The summed E-state index contributed by atoms with van der Waals surface area (Å²) >= 11 is 0. The summed E-state index contributed by atoms with van der Waals surface area (Å²) in [5.74, 6) is 2.21. The zero-order chi connectivity index (χ0) is 32.8. The number of para-hydroxylation sites is 2. The Kier molecular flexibility index (Phi) is 8.10. The zero-order valence-corrected chi connectivity index (χ0v) is 27.3. The van der Waals surface area contributed by atoms with E-state index in [9.17, 15) is 14.4 Å². The van der Waals surface area contributed by atoms with Crippen LogP contribution in [0.4, 0.5) is 37.1 Å². The second-order valence-electron chi connectivity index (χ2n) is 14.2. The van der Waals surface area contributed by atoms with Gasteiger partial charge in [0.15, 0.2) is 0 Å². The lowest BCUT2D eigenvalue weighted by atomic mass is 9.54. The second-order valence-corrected chi connectivity index (χ2v) is 14.2. The maximum Gasteiger partial charge on any atom is 0.410 e. The highest BCUT2D eigenvalue weighted by atomic mass is 16.6. The van der Waals surface area contributed by atoms with Gasteiger partial charge in [0, 0.05) is 56.7 Å². The average Bonchev–Trinajstić information content (AvgIpc) is 3.11. The van der Waals surface area contributed by atoms with E-state index in [0.29, 0.717) is 38.0 Å². The van der Waals surface area contributed by atoms with E-state index in [0.717, 1.165) is 78.9 Å². The van der Waals surface area contributed by atoms with Crippen molar-refractivity contribution in [2.24, 2.45) is 29.4 Å². The molecule has 10 heteroatoms. The molecule has 0 aromatic heterocycles. The van der Waals surface area contributed by atoms with E-state index in [1.54, 1.807) is 9.80 Å². The van der Waals surface area contributed by atoms with Gasteiger partial charge in [0.1, 0.15) is 6.61 Å². The molecule has 250 valence electrons. The molecule has 9 rings (SSSR count). The largest absolute Gasteiger partial charge is 0.445 e. The SMILES string of the molecule is NC(=O)N(C(=O)N1CCN(c2ccc(N3CCN(C(=O)OCc4ccccc4)CC3)cc2)c2ccccc21)C1C2CC3CC(C2)CC1C3. The molecule has 10 nitrogen and oxygen atoms in total. The minimum absolute atomic E-state index is 0.0951. The first-order valence-electron chi connectivity index (χ1n) is 17.5. The Bertz CT molecular complexity index is 1630. The number of ether oxygens (including phenoxy) is 1. The predicted octanol–water partition coefficient (Wildman–Crippen LogP) is 6.43. The third-order valence-corrected chi connectivity index (χ3v) is 11.4. The molecule has 0 unspecified atom stereocenters. The van der Waals surface area contributed by atoms with E-state index in [2.05, 4.69) is 34.1 Å². The van der Waals surface area contributed by atoms with E-state index in [4.69, 9.17) is 10.5 Å². The normalized spacial score (nSPS) is 25.9. The van der Waals surface area contributed by atoms with Crippen molar-refractivity contribution in [2.75, 3.05) is 54.0 Å². The molecule has 5 amide bonds. The van der Waals surface area contributed by atoms with Gasteiger partial charge >= 0.3 is 18.2 Å². The van der Waals surface area contributed by atoms with Crippen molar-refractivity contribution in [1.29, 1.82) is 0 Å². The topological polar surface area (TPSA) is 103 Å². The van der Waals surface area contributed by atoms with Gasteiger partial charge in [0.25, 0.3) is 0 Å². The van der Waals surface area contributed by atoms with Crippen molar-refractivity contribution in [1.82, 2.24) is 9.80 Å². The molecule has 4 saturated carbocycles. The second kappa shape index (κ2) is 12.7. The molecular formula is C38H44N6O4. The molecule has 2 heterocycles. The number of urea groups is 2. The van der Waals surface area contributed by atoms with Gasteiger partial charge in [0.2, 0.25) is 0 Å². The molecule has 48 heavy (non-hydrogen) atoms. The van der Waals surface area contributed by atoms with Crippen LogP contribution in [-0.4, -0.2) is 73.3 Å². The van der Waals surface area contributed by atoms with Gasteiger partial charge in [-0.1, -0.05) is 42.5 Å². The highest BCUT2D eigenvalue weighted by molar-refractivity contribution is 6.05. The number of amides is 5. The molecule has 0 spiro atoms. The third-order valence-electron chi connectivity index (χ3n) is 11.4. The minimum Gasteiger partial charge on any atom is -0.445 e. The number of benzene rings is 3. The molecule has 2 aliphatic heterocycles. The molecule has 0 radical (unpaired) electrons. The molecule has 3 aromatic carbocycles. The summed E-state index contributed by atoms with van der Waals surface area (Å²) in [5.41, 5.74) is 10.8. The average molecular weight is 649 g/mol. The third kappa shape index (κ3) is 5.71. The van der Waals surface area contributed by atoms with Crippen LogP contribution in [0.2, 0.25) is 0 Å². The lowest BCUT2D eigenvalue weighted by Crippen LogP contribution is -2.63. The lowest BCUT2D eigenvalue weighted by molar-refractivity contribution is -0.0387. The molecule has 5 fully saturated rings. The fraction of sp³-hybridized carbons (Fsp3) is 0.447. The van der Waals surface area contributed by atoms with Gasteiger partial charge in [-0.05, 0) is 97.7 Å². The monoisotopic (exact) mass is 648 g/mol. The molecule has 2 N–H and O–H groups in total. The van der Waals surface area contributed by atoms with Crippen LogP contribution >= 0.6 is 0 Å². The number of primary amides is 1. The summed E-state index contributed by atoms with van der Waals surface area (Å²) in [6, 6.07) is 25.1. The van der Waals surface area contributed by atoms with E-state index in [-0.39, 0.29) is 24.8 Å². The zero-order valence-electron chi connectivity index (χ0n) is 27.3. The Labute approximate surface area is 282 Å². The number of nitrogens with two attached hydrogens (primary N) is 1. The summed E-state index contributed by atoms with van der Waals surface area (Å²) < 4.78 is 5.53. The number of imide groups is 1. The standard InChI is InChI=1S/C38H44N6O4/c39-36(45)44(35-29-21-27-20-28(23-29)24-30(35)22-27)37(46)43-19-18-42(33-8-4-5-9-34(33)43)32-12-10-31(11-13-32)40-14-16-41(17-15-40)38(47)48-25-26-6-2-1-3-7-26/h1-13,27-30,35H,14-25H2,(H2,39,45). The van der Waals surface area contributed by atoms with Gasteiger partial charge in [-0.25, -0.2) is 19.3 Å². The number of carbonyl (C=O) groups excluding carboxylic acids is 3. The van der Waals surface area contributed by atoms with Gasteiger partial charge < -0.3 is 25.2 Å². The molecule has 1 saturated heterocycles. The highest BCUT2D eigenvalue weighted by Gasteiger charge is 2.53. The van der Waals surface area contributed by atoms with E-state index in [1.807, 2.05) is 54.6 Å². The van der Waals surface area contributed by atoms with Crippen LogP contribution in [0.1, 0.15) is 37.7 Å². The Morgan fingerprint density at radius 3 is 1.94 bits per heavy atom. The summed E-state index contributed by atoms with van der Waals surface area (Å²) in [6.45, 7) is 3.98. The van der Waals surface area contributed by atoms with E-state index in [1.165, 1.54) is 11.3 Å². The van der Waals surface area contributed by atoms with Gasteiger partial charge in [-0.2, -0.15) is 0 Å². The minimum atomic E-state index is -0.627.